The highest BCUT2D eigenvalue weighted by Crippen LogP contribution is 2.24. The number of carbonyl (C=O) groups is 1. The molecule has 1 aromatic rings. The van der Waals surface area contributed by atoms with E-state index in [1.807, 2.05) is 0 Å². The number of nitrogens with two attached hydrogens (primary N) is 1. The maximum absolute atomic E-state index is 11.5. The third kappa shape index (κ3) is 4.46. The van der Waals surface area contributed by atoms with E-state index in [0.717, 1.165) is 25.7 Å². The first-order valence-electron chi connectivity index (χ1n) is 7.02. The molecule has 0 radical (unpaired) electrons. The van der Waals surface area contributed by atoms with Crippen molar-refractivity contribution in [2.45, 2.75) is 43.6 Å². The van der Waals surface area contributed by atoms with Gasteiger partial charge in [0.1, 0.15) is 17.4 Å². The van der Waals surface area contributed by atoms with Gasteiger partial charge in [0, 0.05) is 19.3 Å². The Balaban J connectivity index is 2.19. The Morgan fingerprint density at radius 3 is 3.00 bits per heavy atom. The molecule has 0 aromatic carbocycles. The van der Waals surface area contributed by atoms with Crippen LogP contribution in [0.2, 0.25) is 0 Å². The van der Waals surface area contributed by atoms with Crippen molar-refractivity contribution in [2.24, 2.45) is 5.73 Å². The maximum Gasteiger partial charge on any atom is 0.254 e. The van der Waals surface area contributed by atoms with Crippen molar-refractivity contribution in [3.05, 3.63) is 17.6 Å². The number of hydrogen-bond acceptors (Lipinski definition) is 6. The molecule has 122 valence electrons. The SMILES string of the molecule is CO[C@H]1CCC[C@@H](Nc2nc(CS(=O)O)ncc2C(N)=O)C1. The number of nitrogens with one attached hydrogen (secondary N) is 1. The van der Waals surface area contributed by atoms with E-state index in [4.69, 9.17) is 15.0 Å². The normalized spacial score (nSPS) is 23.0. The number of anilines is 1. The van der Waals surface area contributed by atoms with Crippen LogP contribution in [0.3, 0.4) is 0 Å². The summed E-state index contributed by atoms with van der Waals surface area (Å²) in [5, 5.41) is 3.20. The number of hydrogen-bond donors (Lipinski definition) is 3. The standard InChI is InChI=1S/C13H20N4O4S/c1-21-9-4-2-3-8(5-9)16-13-10(12(14)18)6-15-11(17-13)7-22(19)20/h6,8-9H,2-5,7H2,1H3,(H2,14,18)(H,19,20)(H,15,16,17)/t8-,9+/m1/s1. The van der Waals surface area contributed by atoms with E-state index in [9.17, 15) is 9.00 Å². The van der Waals surface area contributed by atoms with Crippen LogP contribution in [0, 0.1) is 0 Å². The van der Waals surface area contributed by atoms with Crippen LogP contribution < -0.4 is 11.1 Å². The number of ether oxygens (including phenoxy) is 1. The second-order valence-electron chi connectivity index (χ2n) is 5.24. The van der Waals surface area contributed by atoms with E-state index >= 15 is 0 Å². The van der Waals surface area contributed by atoms with E-state index in [1.54, 1.807) is 7.11 Å². The highest BCUT2D eigenvalue weighted by molar-refractivity contribution is 7.78. The molecule has 1 aliphatic rings. The third-order valence-corrected chi connectivity index (χ3v) is 4.16. The van der Waals surface area contributed by atoms with Crippen LogP contribution in [-0.2, 0) is 21.6 Å². The molecule has 0 saturated heterocycles. The summed E-state index contributed by atoms with van der Waals surface area (Å²) >= 11 is -2.04. The Bertz CT molecular complexity index is 569. The molecule has 1 fully saturated rings. The summed E-state index contributed by atoms with van der Waals surface area (Å²) in [4.78, 5) is 19.5. The fourth-order valence-electron chi connectivity index (χ4n) is 2.57. The molecule has 1 aromatic heterocycles. The lowest BCUT2D eigenvalue weighted by Gasteiger charge is -2.29. The van der Waals surface area contributed by atoms with E-state index in [0.29, 0.717) is 5.82 Å². The van der Waals surface area contributed by atoms with Crippen molar-refractivity contribution in [1.82, 2.24) is 9.97 Å². The van der Waals surface area contributed by atoms with Gasteiger partial charge in [0.25, 0.3) is 5.91 Å². The quantitative estimate of drug-likeness (QED) is 0.655. The summed E-state index contributed by atoms with van der Waals surface area (Å²) in [5.74, 6) is -0.338. The highest BCUT2D eigenvalue weighted by atomic mass is 32.2. The fourth-order valence-corrected chi connectivity index (χ4v) is 2.93. The van der Waals surface area contributed by atoms with Crippen molar-refractivity contribution in [3.63, 3.8) is 0 Å². The first kappa shape index (κ1) is 16.8. The lowest BCUT2D eigenvalue weighted by Crippen LogP contribution is -2.32. The molecule has 0 spiro atoms. The molecule has 1 heterocycles. The highest BCUT2D eigenvalue weighted by Gasteiger charge is 2.23. The van der Waals surface area contributed by atoms with Gasteiger partial charge in [-0.05, 0) is 25.7 Å². The van der Waals surface area contributed by atoms with Gasteiger partial charge < -0.3 is 20.3 Å². The predicted molar refractivity (Wildman–Crippen MR) is 81.7 cm³/mol. The van der Waals surface area contributed by atoms with Crippen LogP contribution in [0.25, 0.3) is 0 Å². The summed E-state index contributed by atoms with van der Waals surface area (Å²) < 4.78 is 25.2. The smallest absolute Gasteiger partial charge is 0.254 e. The first-order chi connectivity index (χ1) is 10.5. The van der Waals surface area contributed by atoms with Crippen LogP contribution in [0.5, 0.6) is 0 Å². The zero-order valence-corrected chi connectivity index (χ0v) is 13.1. The Morgan fingerprint density at radius 2 is 2.36 bits per heavy atom. The molecule has 0 aliphatic heterocycles. The van der Waals surface area contributed by atoms with Crippen molar-refractivity contribution in [3.8, 4) is 0 Å². The van der Waals surface area contributed by atoms with Gasteiger partial charge in [-0.15, -0.1) is 0 Å². The minimum Gasteiger partial charge on any atom is -0.381 e. The maximum atomic E-state index is 11.5. The van der Waals surface area contributed by atoms with Gasteiger partial charge in [0.2, 0.25) is 0 Å². The van der Waals surface area contributed by atoms with Gasteiger partial charge in [-0.25, -0.2) is 14.2 Å². The Labute approximate surface area is 131 Å². The van der Waals surface area contributed by atoms with E-state index < -0.39 is 17.0 Å². The monoisotopic (exact) mass is 328 g/mol. The number of aromatic nitrogens is 2. The van der Waals surface area contributed by atoms with Gasteiger partial charge in [-0.1, -0.05) is 0 Å². The topological polar surface area (TPSA) is 127 Å². The molecule has 1 saturated carbocycles. The summed E-state index contributed by atoms with van der Waals surface area (Å²) in [7, 11) is 1.68. The minimum absolute atomic E-state index is 0.110. The largest absolute Gasteiger partial charge is 0.381 e. The second kappa shape index (κ2) is 7.61. The van der Waals surface area contributed by atoms with E-state index in [2.05, 4.69) is 15.3 Å². The van der Waals surface area contributed by atoms with Crippen molar-refractivity contribution in [1.29, 1.82) is 0 Å². The van der Waals surface area contributed by atoms with E-state index in [1.165, 1.54) is 6.20 Å². The number of methoxy groups -OCH3 is 1. The van der Waals surface area contributed by atoms with Crippen LogP contribution in [0.1, 0.15) is 41.9 Å². The summed E-state index contributed by atoms with van der Waals surface area (Å²) in [6.07, 6.45) is 5.23. The zero-order chi connectivity index (χ0) is 16.1. The van der Waals surface area contributed by atoms with E-state index in [-0.39, 0.29) is 29.3 Å². The molecule has 2 rings (SSSR count). The predicted octanol–water partition coefficient (Wildman–Crippen LogP) is 0.667. The van der Waals surface area contributed by atoms with Gasteiger partial charge in [-0.3, -0.25) is 4.79 Å². The van der Waals surface area contributed by atoms with Gasteiger partial charge in [-0.2, -0.15) is 0 Å². The molecule has 4 N–H and O–H groups in total. The molecule has 0 bridgehead atoms. The number of primary amides is 1. The average molecular weight is 328 g/mol. The van der Waals surface area contributed by atoms with Gasteiger partial charge in [0.15, 0.2) is 11.1 Å². The van der Waals surface area contributed by atoms with Crippen LogP contribution in [-0.4, -0.2) is 43.9 Å². The first-order valence-corrected chi connectivity index (χ1v) is 8.29. The molecule has 1 amide bonds. The Morgan fingerprint density at radius 1 is 1.59 bits per heavy atom. The average Bonchev–Trinajstić information content (AvgIpc) is 2.46. The molecule has 9 heteroatoms. The van der Waals surface area contributed by atoms with Crippen molar-refractivity contribution < 1.29 is 18.3 Å². The Hall–Kier alpha value is -1.58. The van der Waals surface area contributed by atoms with Gasteiger partial charge in [0.05, 0.1) is 11.7 Å². The number of amides is 1. The molecular weight excluding hydrogens is 308 g/mol. The zero-order valence-electron chi connectivity index (χ0n) is 12.3. The molecule has 8 nitrogen and oxygen atoms in total. The molecule has 1 aliphatic carbocycles. The number of carbonyl (C=O) groups excluding carboxylic acids is 1. The van der Waals surface area contributed by atoms with Crippen molar-refractivity contribution in [2.75, 3.05) is 12.4 Å². The molecular formula is C13H20N4O4S. The van der Waals surface area contributed by atoms with Crippen LogP contribution >= 0.6 is 0 Å². The van der Waals surface area contributed by atoms with Gasteiger partial charge >= 0.3 is 0 Å². The van der Waals surface area contributed by atoms with Crippen LogP contribution in [0.15, 0.2) is 6.20 Å². The lowest BCUT2D eigenvalue weighted by atomic mass is 9.93. The molecule has 22 heavy (non-hydrogen) atoms. The molecule has 3 atom stereocenters. The minimum atomic E-state index is -2.04. The summed E-state index contributed by atoms with van der Waals surface area (Å²) in [6, 6.07) is 0.110. The van der Waals surface area contributed by atoms with Crippen LogP contribution in [0.4, 0.5) is 5.82 Å². The fraction of sp³-hybridized carbons (Fsp3) is 0.615. The number of rotatable bonds is 6. The summed E-state index contributed by atoms with van der Waals surface area (Å²) in [5.41, 5.74) is 5.50. The Kier molecular flexibility index (Phi) is 5.81. The summed E-state index contributed by atoms with van der Waals surface area (Å²) in [6.45, 7) is 0. The lowest BCUT2D eigenvalue weighted by molar-refractivity contribution is 0.0669. The van der Waals surface area contributed by atoms with Crippen molar-refractivity contribution >= 4 is 22.8 Å². The molecule has 1 unspecified atom stereocenters. The number of nitrogens with zero attached hydrogens (tertiary/aromatic N) is 2. The third-order valence-electron chi connectivity index (χ3n) is 3.66. The second-order valence-corrected chi connectivity index (χ2v) is 6.18.